The zero-order valence-corrected chi connectivity index (χ0v) is 24.7. The zero-order chi connectivity index (χ0) is 27.9. The van der Waals surface area contributed by atoms with Gasteiger partial charge in [0.05, 0.1) is 35.3 Å². The highest BCUT2D eigenvalue weighted by molar-refractivity contribution is 9.10. The van der Waals surface area contributed by atoms with E-state index in [4.69, 9.17) is 4.18 Å². The van der Waals surface area contributed by atoms with E-state index in [1.807, 2.05) is 28.2 Å². The number of hydrogen-bond acceptors (Lipinski definition) is 5. The van der Waals surface area contributed by atoms with Gasteiger partial charge in [0.2, 0.25) is 0 Å². The van der Waals surface area contributed by atoms with E-state index in [1.165, 1.54) is 0 Å². The molecule has 3 aromatic heterocycles. The van der Waals surface area contributed by atoms with Crippen molar-refractivity contribution in [2.24, 2.45) is 0 Å². The summed E-state index contributed by atoms with van der Waals surface area (Å²) in [7, 11) is -3.75. The van der Waals surface area contributed by atoms with Crippen molar-refractivity contribution in [3.05, 3.63) is 93.2 Å². The summed E-state index contributed by atoms with van der Waals surface area (Å²) in [6.07, 6.45) is 7.88. The molecule has 0 radical (unpaired) electrons. The first-order chi connectivity index (χ1) is 19.3. The van der Waals surface area contributed by atoms with Crippen molar-refractivity contribution >= 4 is 48.0 Å². The summed E-state index contributed by atoms with van der Waals surface area (Å²) in [5, 5.41) is 1.11. The predicted octanol–water partition coefficient (Wildman–Crippen LogP) is 6.18. The normalized spacial score (nSPS) is 13.9. The quantitative estimate of drug-likeness (QED) is 0.130. The molecule has 1 aliphatic carbocycles. The lowest BCUT2D eigenvalue weighted by Crippen LogP contribution is -2.25. The number of fused-ring (bicyclic) bond motifs is 2. The van der Waals surface area contributed by atoms with Crippen molar-refractivity contribution in [3.8, 4) is 0 Å². The maximum atomic E-state index is 13.5. The molecule has 0 amide bonds. The Balaban J connectivity index is 1.18. The maximum absolute atomic E-state index is 13.5. The topological polar surface area (TPSA) is 88.1 Å². The highest BCUT2D eigenvalue weighted by atomic mass is 79.9. The summed E-state index contributed by atoms with van der Waals surface area (Å²) >= 11 is 3.58. The van der Waals surface area contributed by atoms with Crippen LogP contribution >= 0.6 is 15.9 Å². The second-order valence-corrected chi connectivity index (χ2v) is 13.0. The molecule has 40 heavy (non-hydrogen) atoms. The van der Waals surface area contributed by atoms with Gasteiger partial charge in [-0.1, -0.05) is 33.6 Å². The fraction of sp³-hybridized carbons (Fsp3) is 0.333. The van der Waals surface area contributed by atoms with Crippen LogP contribution in [0.5, 0.6) is 0 Å². The van der Waals surface area contributed by atoms with Gasteiger partial charge in [-0.2, -0.15) is 8.42 Å². The molecule has 2 aromatic carbocycles. The van der Waals surface area contributed by atoms with E-state index < -0.39 is 10.1 Å². The minimum atomic E-state index is -3.75. The molecular formula is C30H31BrN4O4S. The molecule has 0 aliphatic heterocycles. The lowest BCUT2D eigenvalue weighted by molar-refractivity contribution is 0.305. The van der Waals surface area contributed by atoms with Crippen molar-refractivity contribution in [1.82, 2.24) is 18.7 Å². The van der Waals surface area contributed by atoms with Crippen molar-refractivity contribution < 1.29 is 12.6 Å². The number of pyridine rings is 1. The minimum Gasteiger partial charge on any atom is -0.343 e. The summed E-state index contributed by atoms with van der Waals surface area (Å²) in [6.45, 7) is 3.26. The van der Waals surface area contributed by atoms with Crippen LogP contribution in [0.2, 0.25) is 0 Å². The van der Waals surface area contributed by atoms with E-state index >= 15 is 0 Å². The Kier molecular flexibility index (Phi) is 7.41. The van der Waals surface area contributed by atoms with Gasteiger partial charge in [0.25, 0.3) is 10.1 Å². The van der Waals surface area contributed by atoms with Crippen molar-refractivity contribution in [3.63, 3.8) is 0 Å². The Labute approximate surface area is 241 Å². The molecule has 1 saturated carbocycles. The first-order valence-corrected chi connectivity index (χ1v) is 15.8. The van der Waals surface area contributed by atoms with Gasteiger partial charge < -0.3 is 4.57 Å². The average Bonchev–Trinajstić information content (AvgIpc) is 3.66. The van der Waals surface area contributed by atoms with Crippen LogP contribution in [0.3, 0.4) is 0 Å². The number of aryl methyl sites for hydroxylation is 2. The molecule has 208 valence electrons. The van der Waals surface area contributed by atoms with Crippen LogP contribution in [0.4, 0.5) is 0 Å². The fourth-order valence-corrected chi connectivity index (χ4v) is 6.63. The maximum Gasteiger partial charge on any atom is 0.329 e. The molecule has 0 atom stereocenters. The summed E-state index contributed by atoms with van der Waals surface area (Å²) < 4.78 is 37.2. The van der Waals surface area contributed by atoms with Gasteiger partial charge in [-0.05, 0) is 81.5 Å². The number of hydrogen-bond donors (Lipinski definition) is 0. The van der Waals surface area contributed by atoms with Gasteiger partial charge in [-0.15, -0.1) is 0 Å². The molecule has 1 aliphatic rings. The molecule has 0 spiro atoms. The van der Waals surface area contributed by atoms with E-state index in [9.17, 15) is 13.2 Å². The smallest absolute Gasteiger partial charge is 0.329 e. The molecule has 1 fully saturated rings. The lowest BCUT2D eigenvalue weighted by atomic mass is 10.2. The number of nitrogens with zero attached hydrogens (tertiary/aromatic N) is 4. The molecule has 0 N–H and O–H groups in total. The van der Waals surface area contributed by atoms with Gasteiger partial charge in [-0.3, -0.25) is 18.3 Å². The third-order valence-electron chi connectivity index (χ3n) is 7.52. The summed E-state index contributed by atoms with van der Waals surface area (Å²) in [6, 6.07) is 17.3. The summed E-state index contributed by atoms with van der Waals surface area (Å²) in [5.41, 5.74) is 4.95. The van der Waals surface area contributed by atoms with E-state index in [0.717, 1.165) is 69.9 Å². The highest BCUT2D eigenvalue weighted by Gasteiger charge is 2.29. The van der Waals surface area contributed by atoms with Gasteiger partial charge in [0, 0.05) is 39.9 Å². The third-order valence-corrected chi connectivity index (χ3v) is 9.34. The average molecular weight is 624 g/mol. The van der Waals surface area contributed by atoms with Crippen molar-refractivity contribution in [1.29, 1.82) is 0 Å². The summed E-state index contributed by atoms with van der Waals surface area (Å²) in [4.78, 5) is 18.0. The van der Waals surface area contributed by atoms with Gasteiger partial charge in [0.1, 0.15) is 0 Å². The third kappa shape index (κ3) is 5.40. The Bertz CT molecular complexity index is 1850. The largest absolute Gasteiger partial charge is 0.343 e. The number of halogens is 1. The van der Waals surface area contributed by atoms with E-state index in [1.54, 1.807) is 36.7 Å². The number of rotatable bonds is 11. The molecule has 8 nitrogen and oxygen atoms in total. The van der Waals surface area contributed by atoms with Crippen LogP contribution in [0.1, 0.15) is 49.4 Å². The van der Waals surface area contributed by atoms with Crippen LogP contribution in [0, 0.1) is 6.92 Å². The van der Waals surface area contributed by atoms with Crippen molar-refractivity contribution in [2.45, 2.75) is 63.1 Å². The molecule has 3 heterocycles. The first-order valence-electron chi connectivity index (χ1n) is 13.6. The Hall–Kier alpha value is -3.21. The standard InChI is InChI=1S/C30H31BrN4O4S/c1-21-5-10-26(11-6-21)40(37,38)39-16-4-2-3-15-33-25(18-22-17-23(31)7-12-27(22)33)20-34-29-19-32-14-13-28(29)35(30(34)36)24-8-9-24/h5-7,10-14,17-19,24H,2-4,8-9,15-16,20H2,1H3. The SMILES string of the molecule is Cc1ccc(S(=O)(=O)OCCCCCn2c(Cn3c(=O)n(C4CC4)c4ccncc43)cc3cc(Br)ccc32)cc1. The molecule has 5 aromatic rings. The molecule has 0 bridgehead atoms. The molecule has 10 heteroatoms. The molecular weight excluding hydrogens is 592 g/mol. The zero-order valence-electron chi connectivity index (χ0n) is 22.3. The van der Waals surface area contributed by atoms with Crippen LogP contribution in [0.15, 0.2) is 81.2 Å². The van der Waals surface area contributed by atoms with Crippen LogP contribution < -0.4 is 5.69 Å². The van der Waals surface area contributed by atoms with Crippen LogP contribution in [-0.4, -0.2) is 33.7 Å². The monoisotopic (exact) mass is 622 g/mol. The number of benzene rings is 2. The molecule has 6 rings (SSSR count). The van der Waals surface area contributed by atoms with E-state index in [2.05, 4.69) is 43.7 Å². The predicted molar refractivity (Wildman–Crippen MR) is 159 cm³/mol. The van der Waals surface area contributed by atoms with Crippen LogP contribution in [-0.2, 0) is 27.4 Å². The number of aromatic nitrogens is 4. The minimum absolute atomic E-state index is 0.00965. The first kappa shape index (κ1) is 27.0. The van der Waals surface area contributed by atoms with Gasteiger partial charge in [-0.25, -0.2) is 4.79 Å². The van der Waals surface area contributed by atoms with Gasteiger partial charge >= 0.3 is 5.69 Å². The second-order valence-electron chi connectivity index (χ2n) is 10.5. The summed E-state index contributed by atoms with van der Waals surface area (Å²) in [5.74, 6) is 0. The number of unbranched alkanes of at least 4 members (excludes halogenated alkanes) is 2. The van der Waals surface area contributed by atoms with E-state index in [0.29, 0.717) is 13.0 Å². The van der Waals surface area contributed by atoms with E-state index in [-0.39, 0.29) is 23.2 Å². The Morgan fingerprint density at radius 1 is 0.950 bits per heavy atom. The van der Waals surface area contributed by atoms with Gasteiger partial charge in [0.15, 0.2) is 0 Å². The number of imidazole rings is 1. The van der Waals surface area contributed by atoms with Crippen molar-refractivity contribution in [2.75, 3.05) is 6.61 Å². The Morgan fingerprint density at radius 2 is 1.75 bits per heavy atom. The highest BCUT2D eigenvalue weighted by Crippen LogP contribution is 2.36. The molecule has 0 unspecified atom stereocenters. The molecule has 0 saturated heterocycles. The lowest BCUT2D eigenvalue weighted by Gasteiger charge is -2.12. The van der Waals surface area contributed by atoms with Crippen LogP contribution in [0.25, 0.3) is 21.9 Å². The Morgan fingerprint density at radius 3 is 2.52 bits per heavy atom. The fourth-order valence-electron chi connectivity index (χ4n) is 5.31. The second kappa shape index (κ2) is 11.0.